The molecule has 0 bridgehead atoms. The lowest BCUT2D eigenvalue weighted by molar-refractivity contribution is -0.116. The van der Waals surface area contributed by atoms with Crippen LogP contribution in [0.3, 0.4) is 0 Å². The number of nitrogens with one attached hydrogen (secondary N) is 1. The lowest BCUT2D eigenvalue weighted by atomic mass is 10.1. The Labute approximate surface area is 153 Å². The molecule has 3 heterocycles. The van der Waals surface area contributed by atoms with E-state index >= 15 is 0 Å². The van der Waals surface area contributed by atoms with Crippen molar-refractivity contribution in [1.82, 2.24) is 19.5 Å². The van der Waals surface area contributed by atoms with E-state index in [4.69, 9.17) is 0 Å². The zero-order valence-corrected chi connectivity index (χ0v) is 15.2. The van der Waals surface area contributed by atoms with Gasteiger partial charge in [-0.25, -0.2) is 4.52 Å². The average molecular weight is 420 g/mol. The number of halogens is 1. The fourth-order valence-electron chi connectivity index (χ4n) is 2.56. The van der Waals surface area contributed by atoms with Gasteiger partial charge < -0.3 is 0 Å². The summed E-state index contributed by atoms with van der Waals surface area (Å²) in [7, 11) is 0. The molecule has 126 valence electrons. The molecule has 0 fully saturated rings. The summed E-state index contributed by atoms with van der Waals surface area (Å²) in [4.78, 5) is 42.6. The summed E-state index contributed by atoms with van der Waals surface area (Å²) < 4.78 is 2.30. The van der Waals surface area contributed by atoms with Crippen LogP contribution in [-0.2, 0) is 4.79 Å². The molecule has 1 aromatic carbocycles. The Hall–Kier alpha value is -2.59. The van der Waals surface area contributed by atoms with Crippen LogP contribution in [0, 0.1) is 6.92 Å². The van der Waals surface area contributed by atoms with Gasteiger partial charge in [-0.05, 0) is 25.1 Å². The highest BCUT2D eigenvalue weighted by molar-refractivity contribution is 9.10. The second kappa shape index (κ2) is 5.74. The summed E-state index contributed by atoms with van der Waals surface area (Å²) in [5, 5.41) is 8.59. The first kappa shape index (κ1) is 15.9. The lowest BCUT2D eigenvalue weighted by Crippen LogP contribution is -2.37. The molecule has 0 unspecified atom stereocenters. The average Bonchev–Trinajstić information content (AvgIpc) is 3.18. The number of carbonyl (C=O) groups excluding carboxylic acids is 3. The molecule has 4 rings (SSSR count). The highest BCUT2D eigenvalue weighted by Gasteiger charge is 2.36. The monoisotopic (exact) mass is 419 g/mol. The summed E-state index contributed by atoms with van der Waals surface area (Å²) in [6.07, 6.45) is 0. The Morgan fingerprint density at radius 3 is 2.80 bits per heavy atom. The van der Waals surface area contributed by atoms with Gasteiger partial charge in [-0.1, -0.05) is 15.9 Å². The molecule has 0 saturated heterocycles. The van der Waals surface area contributed by atoms with Crippen molar-refractivity contribution in [3.8, 4) is 0 Å². The molecule has 3 aromatic rings. The molecule has 1 N–H and O–H groups in total. The molecule has 0 aliphatic carbocycles. The summed E-state index contributed by atoms with van der Waals surface area (Å²) in [5.41, 5.74) is 1.47. The predicted octanol–water partition coefficient (Wildman–Crippen LogP) is 2.10. The van der Waals surface area contributed by atoms with Gasteiger partial charge in [0.1, 0.15) is 6.54 Å². The molecule has 3 amide bonds. The first-order chi connectivity index (χ1) is 11.9. The highest BCUT2D eigenvalue weighted by Crippen LogP contribution is 2.26. The number of thiazole rings is 1. The largest absolute Gasteiger partial charge is 0.292 e. The number of anilines is 1. The second-order valence-electron chi connectivity index (χ2n) is 5.44. The minimum Gasteiger partial charge on any atom is -0.292 e. The number of imide groups is 1. The number of rotatable bonds is 3. The van der Waals surface area contributed by atoms with Crippen LogP contribution in [0.4, 0.5) is 5.95 Å². The summed E-state index contributed by atoms with van der Waals surface area (Å²) in [5.74, 6) is -1.38. The zero-order chi connectivity index (χ0) is 17.7. The third-order valence-electron chi connectivity index (χ3n) is 3.73. The first-order valence-corrected chi connectivity index (χ1v) is 8.88. The topological polar surface area (TPSA) is 96.7 Å². The molecule has 0 atom stereocenters. The third-order valence-corrected chi connectivity index (χ3v) is 5.16. The lowest BCUT2D eigenvalue weighted by Gasteiger charge is -2.12. The van der Waals surface area contributed by atoms with Crippen molar-refractivity contribution < 1.29 is 14.4 Å². The minimum absolute atomic E-state index is 0.138. The molecule has 10 heteroatoms. The van der Waals surface area contributed by atoms with Gasteiger partial charge in [0.25, 0.3) is 11.8 Å². The molecule has 0 spiro atoms. The molecule has 1 aliphatic heterocycles. The van der Waals surface area contributed by atoms with E-state index in [0.29, 0.717) is 9.43 Å². The molecule has 1 aliphatic rings. The van der Waals surface area contributed by atoms with Crippen LogP contribution in [0.5, 0.6) is 0 Å². The normalized spacial score (nSPS) is 13.6. The van der Waals surface area contributed by atoms with Crippen LogP contribution in [0.25, 0.3) is 4.96 Å². The quantitative estimate of drug-likeness (QED) is 0.655. The van der Waals surface area contributed by atoms with Crippen molar-refractivity contribution in [3.05, 3.63) is 44.9 Å². The highest BCUT2D eigenvalue weighted by atomic mass is 79.9. The number of fused-ring (bicyclic) bond motifs is 2. The maximum atomic E-state index is 12.4. The number of amides is 3. The van der Waals surface area contributed by atoms with Crippen LogP contribution >= 0.6 is 27.3 Å². The summed E-state index contributed by atoms with van der Waals surface area (Å²) in [6, 6.07) is 4.81. The van der Waals surface area contributed by atoms with E-state index in [1.807, 2.05) is 12.3 Å². The number of aromatic nitrogens is 3. The molecular formula is C15H10BrN5O3S. The van der Waals surface area contributed by atoms with Crippen molar-refractivity contribution in [2.24, 2.45) is 0 Å². The Bertz CT molecular complexity index is 1060. The van der Waals surface area contributed by atoms with Gasteiger partial charge in [-0.3, -0.25) is 24.6 Å². The number of carbonyl (C=O) groups is 3. The number of hydrogen-bond acceptors (Lipinski definition) is 6. The molecule has 25 heavy (non-hydrogen) atoms. The molecule has 8 nitrogen and oxygen atoms in total. The third kappa shape index (κ3) is 2.63. The molecular weight excluding hydrogens is 410 g/mol. The van der Waals surface area contributed by atoms with Crippen LogP contribution < -0.4 is 5.32 Å². The predicted molar refractivity (Wildman–Crippen MR) is 93.7 cm³/mol. The summed E-state index contributed by atoms with van der Waals surface area (Å²) in [6.45, 7) is 1.48. The second-order valence-corrected chi connectivity index (χ2v) is 7.19. The van der Waals surface area contributed by atoms with E-state index in [1.54, 1.807) is 22.7 Å². The smallest absolute Gasteiger partial charge is 0.262 e. The van der Waals surface area contributed by atoms with E-state index < -0.39 is 24.3 Å². The number of benzene rings is 1. The summed E-state index contributed by atoms with van der Waals surface area (Å²) >= 11 is 4.67. The zero-order valence-electron chi connectivity index (χ0n) is 12.8. The van der Waals surface area contributed by atoms with Crippen molar-refractivity contribution in [1.29, 1.82) is 0 Å². The number of aryl methyl sites for hydroxylation is 1. The van der Waals surface area contributed by atoms with E-state index in [-0.39, 0.29) is 17.1 Å². The molecule has 2 aromatic heterocycles. The molecule has 0 radical (unpaired) electrons. The van der Waals surface area contributed by atoms with Gasteiger partial charge in [0, 0.05) is 9.85 Å². The Kier molecular flexibility index (Phi) is 3.65. The van der Waals surface area contributed by atoms with Crippen LogP contribution in [0.2, 0.25) is 0 Å². The fraction of sp³-hybridized carbons (Fsp3) is 0.133. The standard InChI is InChI=1S/C15H10BrN5O3S/c1-7-6-25-15-18-14(19-21(7)15)17-11(22)5-20-12(23)9-3-2-8(16)4-10(9)13(20)24/h2-4,6H,5H2,1H3,(H,17,19,22). The number of hydrogen-bond donors (Lipinski definition) is 1. The van der Waals surface area contributed by atoms with Gasteiger partial charge in [0.05, 0.1) is 16.8 Å². The minimum atomic E-state index is -0.538. The Morgan fingerprint density at radius 2 is 2.04 bits per heavy atom. The Balaban J connectivity index is 1.51. The SMILES string of the molecule is Cc1csc2nc(NC(=O)CN3C(=O)c4ccc(Br)cc4C3=O)nn12. The van der Waals surface area contributed by atoms with Gasteiger partial charge >= 0.3 is 0 Å². The number of nitrogens with zero attached hydrogens (tertiary/aromatic N) is 4. The Morgan fingerprint density at radius 1 is 1.28 bits per heavy atom. The van der Waals surface area contributed by atoms with E-state index in [2.05, 4.69) is 31.3 Å². The van der Waals surface area contributed by atoms with Gasteiger partial charge in [0.2, 0.25) is 16.8 Å². The van der Waals surface area contributed by atoms with E-state index in [9.17, 15) is 14.4 Å². The maximum absolute atomic E-state index is 12.4. The fourth-order valence-corrected chi connectivity index (χ4v) is 3.72. The van der Waals surface area contributed by atoms with Crippen molar-refractivity contribution in [2.75, 3.05) is 11.9 Å². The molecule has 0 saturated carbocycles. The maximum Gasteiger partial charge on any atom is 0.262 e. The van der Waals surface area contributed by atoms with Crippen LogP contribution in [0.1, 0.15) is 26.4 Å². The van der Waals surface area contributed by atoms with E-state index in [0.717, 1.165) is 10.6 Å². The van der Waals surface area contributed by atoms with Gasteiger partial charge in [-0.2, -0.15) is 4.98 Å². The van der Waals surface area contributed by atoms with Crippen LogP contribution in [-0.4, -0.2) is 43.8 Å². The van der Waals surface area contributed by atoms with Gasteiger partial charge in [0.15, 0.2) is 0 Å². The van der Waals surface area contributed by atoms with Crippen molar-refractivity contribution in [2.45, 2.75) is 6.92 Å². The van der Waals surface area contributed by atoms with Crippen molar-refractivity contribution >= 4 is 55.9 Å². The van der Waals surface area contributed by atoms with E-state index in [1.165, 1.54) is 11.3 Å². The van der Waals surface area contributed by atoms with Crippen molar-refractivity contribution in [3.63, 3.8) is 0 Å². The first-order valence-electron chi connectivity index (χ1n) is 7.20. The van der Waals surface area contributed by atoms with Crippen LogP contribution in [0.15, 0.2) is 28.1 Å². The van der Waals surface area contributed by atoms with Gasteiger partial charge in [-0.15, -0.1) is 16.4 Å².